The zero-order chi connectivity index (χ0) is 14.1. The summed E-state index contributed by atoms with van der Waals surface area (Å²) in [5, 5.41) is 3.35. The Hall–Kier alpha value is -1.09. The fourth-order valence-electron chi connectivity index (χ4n) is 2.02. The largest absolute Gasteiger partial charge is 0.370 e. The predicted octanol–water partition coefficient (Wildman–Crippen LogP) is 3.77. The molecule has 3 heteroatoms. The van der Waals surface area contributed by atoms with Crippen LogP contribution in [0.3, 0.4) is 0 Å². The van der Waals surface area contributed by atoms with Crippen molar-refractivity contribution in [2.45, 2.75) is 47.1 Å². The van der Waals surface area contributed by atoms with Crippen LogP contribution in [0.25, 0.3) is 0 Å². The first-order valence-electron chi connectivity index (χ1n) is 7.61. The number of nitrogens with one attached hydrogen (secondary N) is 1. The van der Waals surface area contributed by atoms with Gasteiger partial charge >= 0.3 is 0 Å². The van der Waals surface area contributed by atoms with Crippen molar-refractivity contribution >= 4 is 5.82 Å². The molecule has 0 aliphatic heterocycles. The van der Waals surface area contributed by atoms with Crippen LogP contribution < -0.4 is 5.32 Å². The molecular formula is C16H29N3. The van der Waals surface area contributed by atoms with Crippen molar-refractivity contribution in [3.8, 4) is 0 Å². The van der Waals surface area contributed by atoms with Crippen molar-refractivity contribution in [1.29, 1.82) is 0 Å². The second-order valence-corrected chi connectivity index (χ2v) is 5.28. The Morgan fingerprint density at radius 3 is 2.68 bits per heavy atom. The van der Waals surface area contributed by atoms with Gasteiger partial charge in [-0.3, -0.25) is 4.90 Å². The molecule has 19 heavy (non-hydrogen) atoms. The summed E-state index contributed by atoms with van der Waals surface area (Å²) >= 11 is 0. The zero-order valence-electron chi connectivity index (χ0n) is 12.9. The van der Waals surface area contributed by atoms with E-state index in [1.54, 1.807) is 0 Å². The molecule has 0 saturated heterocycles. The predicted molar refractivity (Wildman–Crippen MR) is 83.4 cm³/mol. The molecule has 1 aromatic heterocycles. The van der Waals surface area contributed by atoms with Gasteiger partial charge in [-0.25, -0.2) is 4.98 Å². The van der Waals surface area contributed by atoms with Gasteiger partial charge in [0.15, 0.2) is 0 Å². The highest BCUT2D eigenvalue weighted by atomic mass is 15.1. The van der Waals surface area contributed by atoms with Crippen molar-refractivity contribution in [3.63, 3.8) is 0 Å². The van der Waals surface area contributed by atoms with Crippen molar-refractivity contribution < 1.29 is 0 Å². The molecule has 0 bridgehead atoms. The monoisotopic (exact) mass is 263 g/mol. The fraction of sp³-hybridized carbons (Fsp3) is 0.688. The summed E-state index contributed by atoms with van der Waals surface area (Å²) in [6.07, 6.45) is 2.36. The Labute approximate surface area is 118 Å². The van der Waals surface area contributed by atoms with Crippen LogP contribution in [-0.2, 0) is 6.54 Å². The summed E-state index contributed by atoms with van der Waals surface area (Å²) < 4.78 is 0. The molecule has 108 valence electrons. The van der Waals surface area contributed by atoms with E-state index in [-0.39, 0.29) is 0 Å². The maximum atomic E-state index is 4.68. The van der Waals surface area contributed by atoms with E-state index in [2.05, 4.69) is 55.0 Å². The minimum absolute atomic E-state index is 0.751. The molecule has 0 radical (unpaired) electrons. The molecule has 1 rings (SSSR count). The molecular weight excluding hydrogens is 234 g/mol. The van der Waals surface area contributed by atoms with E-state index >= 15 is 0 Å². The van der Waals surface area contributed by atoms with Crippen LogP contribution in [0.1, 0.15) is 46.2 Å². The van der Waals surface area contributed by atoms with Gasteiger partial charge in [-0.1, -0.05) is 40.2 Å². The van der Waals surface area contributed by atoms with E-state index in [0.29, 0.717) is 0 Å². The van der Waals surface area contributed by atoms with Gasteiger partial charge in [0.2, 0.25) is 0 Å². The highest BCUT2D eigenvalue weighted by Gasteiger charge is 2.09. The van der Waals surface area contributed by atoms with Gasteiger partial charge in [0.05, 0.1) is 5.69 Å². The summed E-state index contributed by atoms with van der Waals surface area (Å²) in [5.74, 6) is 1.75. The Kier molecular flexibility index (Phi) is 7.49. The van der Waals surface area contributed by atoms with Crippen LogP contribution >= 0.6 is 0 Å². The van der Waals surface area contributed by atoms with Gasteiger partial charge < -0.3 is 5.32 Å². The van der Waals surface area contributed by atoms with Crippen LogP contribution in [-0.4, -0.2) is 29.5 Å². The van der Waals surface area contributed by atoms with E-state index in [0.717, 1.165) is 50.0 Å². The maximum absolute atomic E-state index is 4.68. The third-order valence-electron chi connectivity index (χ3n) is 3.46. The standard InChI is InChI=1S/C16H29N3/c1-5-11-17-16-10-8-9-15(18-16)13-19(7-3)12-14(4)6-2/h8-10,14H,5-7,11-13H2,1-4H3,(H,17,18). The molecule has 1 atom stereocenters. The van der Waals surface area contributed by atoms with Crippen LogP contribution in [0, 0.1) is 5.92 Å². The number of anilines is 1. The van der Waals surface area contributed by atoms with E-state index in [4.69, 9.17) is 0 Å². The van der Waals surface area contributed by atoms with Gasteiger partial charge in [0.25, 0.3) is 0 Å². The second-order valence-electron chi connectivity index (χ2n) is 5.28. The van der Waals surface area contributed by atoms with Gasteiger partial charge in [-0.05, 0) is 31.0 Å². The third kappa shape index (κ3) is 6.06. The average molecular weight is 263 g/mol. The topological polar surface area (TPSA) is 28.2 Å². The number of nitrogens with zero attached hydrogens (tertiary/aromatic N) is 2. The lowest BCUT2D eigenvalue weighted by atomic mass is 10.1. The van der Waals surface area contributed by atoms with Gasteiger partial charge in [0, 0.05) is 19.6 Å². The fourth-order valence-corrected chi connectivity index (χ4v) is 2.02. The number of pyridine rings is 1. The van der Waals surface area contributed by atoms with E-state index in [1.807, 2.05) is 6.07 Å². The molecule has 0 amide bonds. The van der Waals surface area contributed by atoms with E-state index in [1.165, 1.54) is 6.42 Å². The Balaban J connectivity index is 2.58. The molecule has 0 fully saturated rings. The lowest BCUT2D eigenvalue weighted by molar-refractivity contribution is 0.235. The van der Waals surface area contributed by atoms with Gasteiger partial charge in [-0.2, -0.15) is 0 Å². The average Bonchev–Trinajstić information content (AvgIpc) is 2.44. The summed E-state index contributed by atoms with van der Waals surface area (Å²) in [4.78, 5) is 7.15. The maximum Gasteiger partial charge on any atom is 0.126 e. The summed E-state index contributed by atoms with van der Waals surface area (Å²) in [6.45, 7) is 13.1. The van der Waals surface area contributed by atoms with Crippen molar-refractivity contribution in [1.82, 2.24) is 9.88 Å². The highest BCUT2D eigenvalue weighted by Crippen LogP contribution is 2.10. The first-order chi connectivity index (χ1) is 9.19. The Bertz CT molecular complexity index is 352. The van der Waals surface area contributed by atoms with E-state index < -0.39 is 0 Å². The molecule has 0 aromatic carbocycles. The van der Waals surface area contributed by atoms with Crippen LogP contribution in [0.15, 0.2) is 18.2 Å². The lowest BCUT2D eigenvalue weighted by Gasteiger charge is -2.23. The minimum atomic E-state index is 0.751. The van der Waals surface area contributed by atoms with Crippen LogP contribution in [0.2, 0.25) is 0 Å². The van der Waals surface area contributed by atoms with Crippen LogP contribution in [0.4, 0.5) is 5.82 Å². The molecule has 3 nitrogen and oxygen atoms in total. The Morgan fingerprint density at radius 1 is 1.26 bits per heavy atom. The van der Waals surface area contributed by atoms with Crippen molar-refractivity contribution in [3.05, 3.63) is 23.9 Å². The summed E-state index contributed by atoms with van der Waals surface area (Å²) in [5.41, 5.74) is 1.16. The summed E-state index contributed by atoms with van der Waals surface area (Å²) in [6, 6.07) is 6.26. The van der Waals surface area contributed by atoms with Crippen LogP contribution in [0.5, 0.6) is 0 Å². The lowest BCUT2D eigenvalue weighted by Crippen LogP contribution is -2.28. The molecule has 1 N–H and O–H groups in total. The number of aromatic nitrogens is 1. The Morgan fingerprint density at radius 2 is 2.05 bits per heavy atom. The van der Waals surface area contributed by atoms with Crippen molar-refractivity contribution in [2.24, 2.45) is 5.92 Å². The minimum Gasteiger partial charge on any atom is -0.370 e. The number of hydrogen-bond acceptors (Lipinski definition) is 3. The first-order valence-corrected chi connectivity index (χ1v) is 7.61. The SMILES string of the molecule is CCCNc1cccc(CN(CC)CC(C)CC)n1. The van der Waals surface area contributed by atoms with Gasteiger partial charge in [0.1, 0.15) is 5.82 Å². The quantitative estimate of drug-likeness (QED) is 0.735. The third-order valence-corrected chi connectivity index (χ3v) is 3.46. The zero-order valence-corrected chi connectivity index (χ0v) is 12.9. The molecule has 1 heterocycles. The molecule has 1 aromatic rings. The molecule has 0 aliphatic rings. The number of hydrogen-bond donors (Lipinski definition) is 1. The smallest absolute Gasteiger partial charge is 0.126 e. The summed E-state index contributed by atoms with van der Waals surface area (Å²) in [7, 11) is 0. The first kappa shape index (κ1) is 16.0. The normalized spacial score (nSPS) is 12.7. The molecule has 0 aliphatic carbocycles. The second kappa shape index (κ2) is 8.92. The highest BCUT2D eigenvalue weighted by molar-refractivity contribution is 5.35. The van der Waals surface area contributed by atoms with Gasteiger partial charge in [-0.15, -0.1) is 0 Å². The molecule has 1 unspecified atom stereocenters. The van der Waals surface area contributed by atoms with Crippen molar-refractivity contribution in [2.75, 3.05) is 25.0 Å². The van der Waals surface area contributed by atoms with E-state index in [9.17, 15) is 0 Å². The molecule has 0 saturated carbocycles. The number of rotatable bonds is 9. The molecule has 0 spiro atoms.